The maximum absolute atomic E-state index is 5.65. The first-order valence-electron chi connectivity index (χ1n) is 8.44. The van der Waals surface area contributed by atoms with E-state index < -0.39 is 0 Å². The monoisotopic (exact) mass is 479 g/mol. The van der Waals surface area contributed by atoms with E-state index in [-0.39, 0.29) is 24.0 Å². The third-order valence-electron chi connectivity index (χ3n) is 4.07. The number of aliphatic imine (C=N–C) groups is 1. The minimum absolute atomic E-state index is 0. The van der Waals surface area contributed by atoms with Crippen molar-refractivity contribution in [2.24, 2.45) is 4.99 Å². The number of methoxy groups -OCH3 is 1. The summed E-state index contributed by atoms with van der Waals surface area (Å²) >= 11 is 2.05. The molecule has 142 valence electrons. The fraction of sp³-hybridized carbons (Fsp3) is 0.611. The van der Waals surface area contributed by atoms with Crippen LogP contribution < -0.4 is 15.4 Å². The van der Waals surface area contributed by atoms with E-state index in [0.717, 1.165) is 23.8 Å². The fourth-order valence-electron chi connectivity index (χ4n) is 2.64. The Hall–Kier alpha value is -0.670. The lowest BCUT2D eigenvalue weighted by atomic mass is 10.1. The van der Waals surface area contributed by atoms with Crippen LogP contribution in [-0.4, -0.2) is 50.4 Å². The second kappa shape index (κ2) is 11.9. The van der Waals surface area contributed by atoms with Crippen molar-refractivity contribution in [3.8, 4) is 5.75 Å². The van der Waals surface area contributed by atoms with Gasteiger partial charge >= 0.3 is 0 Å². The van der Waals surface area contributed by atoms with Crippen LogP contribution in [0.1, 0.15) is 25.3 Å². The van der Waals surface area contributed by atoms with Gasteiger partial charge in [-0.1, -0.05) is 12.1 Å². The minimum Gasteiger partial charge on any atom is -0.491 e. The van der Waals surface area contributed by atoms with E-state index >= 15 is 0 Å². The molecule has 1 aromatic carbocycles. The fourth-order valence-corrected chi connectivity index (χ4v) is 3.89. The molecular formula is C18H30IN3O2S. The number of hydrogen-bond acceptors (Lipinski definition) is 4. The molecular weight excluding hydrogens is 449 g/mol. The summed E-state index contributed by atoms with van der Waals surface area (Å²) < 4.78 is 11.0. The normalized spacial score (nSPS) is 20.0. The number of benzene rings is 1. The SMILES string of the molecule is CN=C(NCc1cccc(OCCOC)c1)NCC1(C)CCCS1.I. The minimum atomic E-state index is 0. The van der Waals surface area contributed by atoms with Crippen molar-refractivity contribution in [1.82, 2.24) is 10.6 Å². The molecule has 1 heterocycles. The number of halogens is 1. The number of guanidine groups is 1. The number of rotatable bonds is 8. The van der Waals surface area contributed by atoms with Crippen molar-refractivity contribution >= 4 is 41.7 Å². The molecule has 1 aromatic rings. The molecule has 7 heteroatoms. The molecule has 1 unspecified atom stereocenters. The molecule has 0 bridgehead atoms. The molecule has 1 saturated heterocycles. The molecule has 0 saturated carbocycles. The standard InChI is InChI=1S/C18H29N3O2S.HI/c1-18(8-5-11-24-18)14-21-17(19-2)20-13-15-6-4-7-16(12-15)23-10-9-22-3;/h4,6-7,12H,5,8-11,13-14H2,1-3H3,(H2,19,20,21);1H. The highest BCUT2D eigenvalue weighted by atomic mass is 127. The van der Waals surface area contributed by atoms with Gasteiger partial charge < -0.3 is 20.1 Å². The van der Waals surface area contributed by atoms with Crippen LogP contribution in [0.25, 0.3) is 0 Å². The van der Waals surface area contributed by atoms with Gasteiger partial charge in [-0.15, -0.1) is 24.0 Å². The van der Waals surface area contributed by atoms with Crippen molar-refractivity contribution in [3.05, 3.63) is 29.8 Å². The summed E-state index contributed by atoms with van der Waals surface area (Å²) in [4.78, 5) is 4.32. The summed E-state index contributed by atoms with van der Waals surface area (Å²) in [5.74, 6) is 2.97. The van der Waals surface area contributed by atoms with Gasteiger partial charge in [0.1, 0.15) is 12.4 Å². The van der Waals surface area contributed by atoms with Crippen LogP contribution in [0.2, 0.25) is 0 Å². The maximum atomic E-state index is 5.65. The van der Waals surface area contributed by atoms with Gasteiger partial charge in [0.25, 0.3) is 0 Å². The Balaban J connectivity index is 0.00000312. The van der Waals surface area contributed by atoms with E-state index in [1.54, 1.807) is 7.11 Å². The Bertz CT molecular complexity index is 537. The Morgan fingerprint density at radius 3 is 2.84 bits per heavy atom. The second-order valence-corrected chi connectivity index (χ2v) is 7.85. The van der Waals surface area contributed by atoms with Crippen LogP contribution in [0.15, 0.2) is 29.3 Å². The highest BCUT2D eigenvalue weighted by molar-refractivity contribution is 14.0. The van der Waals surface area contributed by atoms with Crippen molar-refractivity contribution in [2.75, 3.05) is 39.7 Å². The molecule has 0 spiro atoms. The molecule has 1 atom stereocenters. The van der Waals surface area contributed by atoms with E-state index in [4.69, 9.17) is 9.47 Å². The molecule has 0 radical (unpaired) electrons. The molecule has 25 heavy (non-hydrogen) atoms. The number of nitrogens with zero attached hydrogens (tertiary/aromatic N) is 1. The van der Waals surface area contributed by atoms with Crippen LogP contribution >= 0.6 is 35.7 Å². The summed E-state index contributed by atoms with van der Waals surface area (Å²) in [6.45, 7) is 5.14. The van der Waals surface area contributed by atoms with Gasteiger partial charge in [-0.2, -0.15) is 11.8 Å². The quantitative estimate of drug-likeness (QED) is 0.260. The van der Waals surface area contributed by atoms with Crippen molar-refractivity contribution in [2.45, 2.75) is 31.1 Å². The largest absolute Gasteiger partial charge is 0.491 e. The molecule has 1 aliphatic rings. The summed E-state index contributed by atoms with van der Waals surface area (Å²) in [5, 5.41) is 6.82. The van der Waals surface area contributed by atoms with Crippen molar-refractivity contribution in [3.63, 3.8) is 0 Å². The molecule has 0 amide bonds. The van der Waals surface area contributed by atoms with Crippen molar-refractivity contribution in [1.29, 1.82) is 0 Å². The van der Waals surface area contributed by atoms with Crippen LogP contribution in [-0.2, 0) is 11.3 Å². The topological polar surface area (TPSA) is 54.9 Å². The van der Waals surface area contributed by atoms with Gasteiger partial charge in [-0.3, -0.25) is 4.99 Å². The highest BCUT2D eigenvalue weighted by Crippen LogP contribution is 2.36. The lowest BCUT2D eigenvalue weighted by Crippen LogP contribution is -2.43. The van der Waals surface area contributed by atoms with E-state index in [1.165, 1.54) is 18.6 Å². The molecule has 2 rings (SSSR count). The van der Waals surface area contributed by atoms with Gasteiger partial charge in [0, 0.05) is 32.0 Å². The lowest BCUT2D eigenvalue weighted by molar-refractivity contribution is 0.146. The Labute approximate surface area is 172 Å². The molecule has 0 aliphatic carbocycles. The van der Waals surface area contributed by atoms with Crippen LogP contribution in [0.4, 0.5) is 0 Å². The Kier molecular flexibility index (Phi) is 10.6. The second-order valence-electron chi connectivity index (χ2n) is 6.17. The van der Waals surface area contributed by atoms with E-state index in [2.05, 4.69) is 40.4 Å². The average molecular weight is 479 g/mol. The predicted octanol–water partition coefficient (Wildman–Crippen LogP) is 3.28. The van der Waals surface area contributed by atoms with Gasteiger partial charge in [-0.05, 0) is 43.2 Å². The highest BCUT2D eigenvalue weighted by Gasteiger charge is 2.29. The van der Waals surface area contributed by atoms with Crippen LogP contribution in [0, 0.1) is 0 Å². The maximum Gasteiger partial charge on any atom is 0.191 e. The van der Waals surface area contributed by atoms with Gasteiger partial charge in [0.15, 0.2) is 5.96 Å². The summed E-state index contributed by atoms with van der Waals surface area (Å²) in [5.41, 5.74) is 1.16. The molecule has 1 fully saturated rings. The Morgan fingerprint density at radius 1 is 1.32 bits per heavy atom. The van der Waals surface area contributed by atoms with E-state index in [9.17, 15) is 0 Å². The molecule has 5 nitrogen and oxygen atoms in total. The van der Waals surface area contributed by atoms with Crippen LogP contribution in [0.3, 0.4) is 0 Å². The third kappa shape index (κ3) is 8.04. The van der Waals surface area contributed by atoms with Gasteiger partial charge in [-0.25, -0.2) is 0 Å². The summed E-state index contributed by atoms with van der Waals surface area (Å²) in [6.07, 6.45) is 2.58. The van der Waals surface area contributed by atoms with Crippen LogP contribution in [0.5, 0.6) is 5.75 Å². The van der Waals surface area contributed by atoms with Crippen molar-refractivity contribution < 1.29 is 9.47 Å². The number of hydrogen-bond donors (Lipinski definition) is 2. The third-order valence-corrected chi connectivity index (χ3v) is 5.61. The molecule has 0 aromatic heterocycles. The van der Waals surface area contributed by atoms with E-state index in [1.807, 2.05) is 25.2 Å². The zero-order valence-corrected chi connectivity index (χ0v) is 18.5. The number of nitrogens with one attached hydrogen (secondary N) is 2. The van der Waals surface area contributed by atoms with E-state index in [0.29, 0.717) is 24.5 Å². The first-order chi connectivity index (χ1) is 11.6. The first kappa shape index (κ1) is 22.4. The zero-order valence-electron chi connectivity index (χ0n) is 15.3. The molecule has 1 aliphatic heterocycles. The van der Waals surface area contributed by atoms with Gasteiger partial charge in [0.2, 0.25) is 0 Å². The van der Waals surface area contributed by atoms with Gasteiger partial charge in [0.05, 0.1) is 6.61 Å². The first-order valence-corrected chi connectivity index (χ1v) is 9.43. The Morgan fingerprint density at radius 2 is 2.16 bits per heavy atom. The summed E-state index contributed by atoms with van der Waals surface area (Å²) in [7, 11) is 3.48. The molecule has 2 N–H and O–H groups in total. The smallest absolute Gasteiger partial charge is 0.191 e. The average Bonchev–Trinajstić information content (AvgIpc) is 3.03. The zero-order chi connectivity index (χ0) is 17.3. The number of ether oxygens (including phenoxy) is 2. The predicted molar refractivity (Wildman–Crippen MR) is 118 cm³/mol. The number of thioether (sulfide) groups is 1. The lowest BCUT2D eigenvalue weighted by Gasteiger charge is -2.24. The summed E-state index contributed by atoms with van der Waals surface area (Å²) in [6, 6.07) is 8.09.